The maximum atomic E-state index is 11.4. The lowest BCUT2D eigenvalue weighted by Crippen LogP contribution is -2.80. The molecule has 5 heteroatoms. The monoisotopic (exact) mass is 404 g/mol. The number of esters is 1. The van der Waals surface area contributed by atoms with Gasteiger partial charge < -0.3 is 9.47 Å². The molecule has 7 fully saturated rings. The number of hydrogen-bond acceptors (Lipinski definition) is 5. The average molecular weight is 405 g/mol. The summed E-state index contributed by atoms with van der Waals surface area (Å²) in [7, 11) is 1.86. The van der Waals surface area contributed by atoms with E-state index in [4.69, 9.17) is 19.2 Å². The fourth-order valence-corrected chi connectivity index (χ4v) is 9.09. The van der Waals surface area contributed by atoms with Crippen molar-refractivity contribution in [2.24, 2.45) is 41.4 Å². The minimum absolute atomic E-state index is 0.126. The number of carbonyl (C=O) groups excluding carboxylic acids is 1. The van der Waals surface area contributed by atoms with Crippen LogP contribution in [0, 0.1) is 41.4 Å². The van der Waals surface area contributed by atoms with E-state index in [1.165, 1.54) is 51.9 Å². The largest absolute Gasteiger partial charge is 0.463 e. The van der Waals surface area contributed by atoms with Gasteiger partial charge in [0.1, 0.15) is 6.10 Å². The Hall–Kier alpha value is -0.650. The van der Waals surface area contributed by atoms with E-state index in [0.29, 0.717) is 29.6 Å². The third-order valence-corrected chi connectivity index (χ3v) is 9.94. The zero-order valence-corrected chi connectivity index (χ0v) is 17.9. The molecule has 1 saturated heterocycles. The van der Waals surface area contributed by atoms with E-state index in [0.717, 1.165) is 37.5 Å². The van der Waals surface area contributed by atoms with Gasteiger partial charge in [0.2, 0.25) is 5.79 Å². The Morgan fingerprint density at radius 1 is 0.793 bits per heavy atom. The van der Waals surface area contributed by atoms with Gasteiger partial charge in [0.15, 0.2) is 5.60 Å². The average Bonchev–Trinajstić information content (AvgIpc) is 2.67. The van der Waals surface area contributed by atoms with Crippen molar-refractivity contribution in [2.45, 2.75) is 95.0 Å². The maximum Gasteiger partial charge on any atom is 0.302 e. The van der Waals surface area contributed by atoms with Gasteiger partial charge in [-0.2, -0.15) is 4.89 Å². The lowest BCUT2D eigenvalue weighted by Gasteiger charge is -2.70. The van der Waals surface area contributed by atoms with Gasteiger partial charge in [-0.1, -0.05) is 0 Å². The van der Waals surface area contributed by atoms with Crippen molar-refractivity contribution in [1.29, 1.82) is 0 Å². The molecule has 29 heavy (non-hydrogen) atoms. The molecule has 6 aliphatic carbocycles. The fourth-order valence-electron chi connectivity index (χ4n) is 9.09. The molecule has 0 aromatic heterocycles. The van der Waals surface area contributed by atoms with E-state index in [-0.39, 0.29) is 17.7 Å². The highest BCUT2D eigenvalue weighted by molar-refractivity contribution is 5.66. The van der Waals surface area contributed by atoms with E-state index < -0.39 is 5.79 Å². The maximum absolute atomic E-state index is 11.4. The minimum Gasteiger partial charge on any atom is -0.463 e. The van der Waals surface area contributed by atoms with E-state index >= 15 is 0 Å². The first-order chi connectivity index (χ1) is 14.0. The number of fused-ring (bicyclic) bond motifs is 1. The second-order valence-corrected chi connectivity index (χ2v) is 11.2. The van der Waals surface area contributed by atoms with Gasteiger partial charge in [-0.3, -0.25) is 4.79 Å². The highest BCUT2D eigenvalue weighted by Gasteiger charge is 2.77. The third-order valence-electron chi connectivity index (χ3n) is 9.94. The molecular weight excluding hydrogens is 368 g/mol. The summed E-state index contributed by atoms with van der Waals surface area (Å²) in [6.45, 7) is 1.53. The van der Waals surface area contributed by atoms with Crippen molar-refractivity contribution in [3.05, 3.63) is 0 Å². The van der Waals surface area contributed by atoms with E-state index in [2.05, 4.69) is 0 Å². The molecule has 0 radical (unpaired) electrons. The molecule has 7 aliphatic rings. The molecule has 0 aromatic carbocycles. The standard InChI is InChI=1S/C24H36O5/c1-14(25)27-22-6-4-17-12-19(5-3-18(17)13-22)24(26-2)23(28-29-24)20-8-15-7-16(10-20)11-21(23)9-15/h15-22H,3-13H2,1-2H3. The van der Waals surface area contributed by atoms with E-state index in [1.807, 2.05) is 7.11 Å². The second-order valence-electron chi connectivity index (χ2n) is 11.2. The summed E-state index contributed by atoms with van der Waals surface area (Å²) in [5.74, 6) is 4.18. The number of hydrogen-bond donors (Lipinski definition) is 0. The van der Waals surface area contributed by atoms with Crippen molar-refractivity contribution in [1.82, 2.24) is 0 Å². The Morgan fingerprint density at radius 3 is 2.03 bits per heavy atom. The molecule has 1 aliphatic heterocycles. The molecule has 7 rings (SSSR count). The quantitative estimate of drug-likeness (QED) is 0.507. The van der Waals surface area contributed by atoms with E-state index in [1.54, 1.807) is 0 Å². The molecule has 4 bridgehead atoms. The summed E-state index contributed by atoms with van der Waals surface area (Å²) in [6.07, 6.45) is 13.5. The Kier molecular flexibility index (Phi) is 4.39. The fraction of sp³-hybridized carbons (Fsp3) is 0.958. The highest BCUT2D eigenvalue weighted by atomic mass is 17.3. The van der Waals surface area contributed by atoms with Crippen LogP contribution in [0.3, 0.4) is 0 Å². The van der Waals surface area contributed by atoms with Gasteiger partial charge in [-0.25, -0.2) is 4.89 Å². The summed E-state index contributed by atoms with van der Waals surface area (Å²) in [5, 5.41) is 0. The molecular formula is C24H36O5. The lowest BCUT2D eigenvalue weighted by molar-refractivity contribution is -0.647. The van der Waals surface area contributed by atoms with Crippen LogP contribution < -0.4 is 0 Å². The first-order valence-electron chi connectivity index (χ1n) is 12.1. The van der Waals surface area contributed by atoms with Crippen LogP contribution in [-0.4, -0.2) is 30.6 Å². The Balaban J connectivity index is 1.21. The SMILES string of the molecule is COC1(C2CCC3CC(OC(C)=O)CCC3C2)OOC12C1CC3CC(C1)CC2C3. The molecule has 162 valence electrons. The topological polar surface area (TPSA) is 54.0 Å². The molecule has 0 N–H and O–H groups in total. The van der Waals surface area contributed by atoms with Gasteiger partial charge in [-0.05, 0) is 106 Å². The Labute approximate surface area is 174 Å². The van der Waals surface area contributed by atoms with Crippen molar-refractivity contribution in [3.63, 3.8) is 0 Å². The van der Waals surface area contributed by atoms with Gasteiger partial charge in [0.25, 0.3) is 0 Å². The summed E-state index contributed by atoms with van der Waals surface area (Å²) >= 11 is 0. The van der Waals surface area contributed by atoms with Crippen LogP contribution >= 0.6 is 0 Å². The van der Waals surface area contributed by atoms with Crippen LogP contribution in [0.4, 0.5) is 0 Å². The van der Waals surface area contributed by atoms with Crippen molar-refractivity contribution in [2.75, 3.05) is 7.11 Å². The van der Waals surface area contributed by atoms with E-state index in [9.17, 15) is 4.79 Å². The second kappa shape index (κ2) is 6.67. The normalized spacial score (nSPS) is 55.4. The van der Waals surface area contributed by atoms with Crippen molar-refractivity contribution in [3.8, 4) is 0 Å². The Bertz CT molecular complexity index is 644. The van der Waals surface area contributed by atoms with Crippen LogP contribution in [0.2, 0.25) is 0 Å². The molecule has 6 saturated carbocycles. The lowest BCUT2D eigenvalue weighted by atomic mass is 9.45. The first-order valence-corrected chi connectivity index (χ1v) is 12.1. The predicted octanol–water partition coefficient (Wildman–Crippen LogP) is 4.63. The van der Waals surface area contributed by atoms with Gasteiger partial charge in [0, 0.05) is 20.0 Å². The van der Waals surface area contributed by atoms with Gasteiger partial charge >= 0.3 is 5.97 Å². The van der Waals surface area contributed by atoms with Crippen LogP contribution in [-0.2, 0) is 24.0 Å². The molecule has 0 amide bonds. The zero-order valence-electron chi connectivity index (χ0n) is 17.9. The molecule has 1 heterocycles. The van der Waals surface area contributed by atoms with Crippen LogP contribution in [0.25, 0.3) is 0 Å². The smallest absolute Gasteiger partial charge is 0.302 e. The third kappa shape index (κ3) is 2.59. The van der Waals surface area contributed by atoms with Crippen molar-refractivity contribution >= 4 is 5.97 Å². The van der Waals surface area contributed by atoms with Gasteiger partial charge in [-0.15, -0.1) is 0 Å². The zero-order chi connectivity index (χ0) is 19.8. The highest BCUT2D eigenvalue weighted by Crippen LogP contribution is 2.69. The van der Waals surface area contributed by atoms with Crippen LogP contribution in [0.1, 0.15) is 77.6 Å². The molecule has 5 atom stereocenters. The van der Waals surface area contributed by atoms with Crippen LogP contribution in [0.5, 0.6) is 0 Å². The first kappa shape index (κ1) is 19.1. The van der Waals surface area contributed by atoms with Gasteiger partial charge in [0.05, 0.1) is 0 Å². The molecule has 5 nitrogen and oxygen atoms in total. The summed E-state index contributed by atoms with van der Waals surface area (Å²) in [4.78, 5) is 23.6. The molecule has 5 unspecified atom stereocenters. The van der Waals surface area contributed by atoms with Crippen LogP contribution in [0.15, 0.2) is 0 Å². The number of methoxy groups -OCH3 is 1. The summed E-state index contributed by atoms with van der Waals surface area (Å²) < 4.78 is 11.9. The number of rotatable bonds is 3. The summed E-state index contributed by atoms with van der Waals surface area (Å²) in [5.41, 5.74) is -0.193. The molecule has 1 spiro atoms. The minimum atomic E-state index is -0.534. The number of ether oxygens (including phenoxy) is 2. The number of carbonyl (C=O) groups is 1. The predicted molar refractivity (Wildman–Crippen MR) is 105 cm³/mol. The van der Waals surface area contributed by atoms with Crippen molar-refractivity contribution < 1.29 is 24.0 Å². The summed E-state index contributed by atoms with van der Waals surface area (Å²) in [6, 6.07) is 0. The Morgan fingerprint density at radius 2 is 1.45 bits per heavy atom. The molecule has 0 aromatic rings.